The lowest BCUT2D eigenvalue weighted by molar-refractivity contribution is -0.147. The van der Waals surface area contributed by atoms with Gasteiger partial charge in [0, 0.05) is 44.3 Å². The monoisotopic (exact) mass is 505 g/mol. The molecule has 1 fully saturated rings. The van der Waals surface area contributed by atoms with Crippen molar-refractivity contribution in [2.24, 2.45) is 17.8 Å². The number of cyclic esters (lactones) is 1. The van der Waals surface area contributed by atoms with Crippen molar-refractivity contribution < 1.29 is 38.9 Å². The van der Waals surface area contributed by atoms with Gasteiger partial charge in [0.05, 0.1) is 12.2 Å². The van der Waals surface area contributed by atoms with Crippen LogP contribution in [-0.4, -0.2) is 65.3 Å². The minimum Gasteiger partial charge on any atom is -0.454 e. The van der Waals surface area contributed by atoms with Gasteiger partial charge in [0.15, 0.2) is 0 Å². The molecule has 0 aromatic heterocycles. The van der Waals surface area contributed by atoms with E-state index in [1.807, 2.05) is 6.08 Å². The molecule has 2 aliphatic heterocycles. The van der Waals surface area contributed by atoms with Crippen molar-refractivity contribution in [1.29, 1.82) is 0 Å². The number of hydrogen-bond donors (Lipinski definition) is 3. The Hall–Kier alpha value is -2.62. The van der Waals surface area contributed by atoms with Crippen molar-refractivity contribution in [2.45, 2.75) is 83.7 Å². The summed E-state index contributed by atoms with van der Waals surface area (Å²) in [6.45, 7) is 5.18. The standard InChI is InChI=1S/C27H39NO8/c1-16(21(30)15-20(29)12-19-13-23(31)28-24(32)14-19)11-17(2)27-18(3)26(34)22(35-4)9-7-5-6-8-10-25(33)36-27/h7-11,16,18-20,22,26-27,29,34H,5-6,12-15H2,1-4H3,(H,28,31,32)/b9-7-,10-8-,17-11+/t16-,18-,20+,22-,26-,27-/m0/s1. The van der Waals surface area contributed by atoms with E-state index in [1.54, 1.807) is 39.0 Å². The van der Waals surface area contributed by atoms with Crippen LogP contribution >= 0.6 is 0 Å². The van der Waals surface area contributed by atoms with E-state index in [-0.39, 0.29) is 49.2 Å². The van der Waals surface area contributed by atoms with Gasteiger partial charge in [-0.25, -0.2) is 4.79 Å². The summed E-state index contributed by atoms with van der Waals surface area (Å²) in [6, 6.07) is 0. The molecule has 2 heterocycles. The fraction of sp³-hybridized carbons (Fsp3) is 0.630. The van der Waals surface area contributed by atoms with Gasteiger partial charge in [-0.1, -0.05) is 38.2 Å². The molecule has 0 unspecified atom stereocenters. The zero-order valence-corrected chi connectivity index (χ0v) is 21.5. The summed E-state index contributed by atoms with van der Waals surface area (Å²) in [6.07, 6.45) is 6.84. The molecule has 0 aromatic carbocycles. The lowest BCUT2D eigenvalue weighted by Gasteiger charge is -2.31. The number of ketones is 1. The number of methoxy groups -OCH3 is 1. The lowest BCUT2D eigenvalue weighted by Crippen LogP contribution is -2.41. The normalized spacial score (nSPS) is 30.3. The lowest BCUT2D eigenvalue weighted by atomic mass is 9.86. The average molecular weight is 506 g/mol. The Morgan fingerprint density at radius 1 is 1.22 bits per heavy atom. The van der Waals surface area contributed by atoms with Crippen LogP contribution in [0.4, 0.5) is 0 Å². The van der Waals surface area contributed by atoms with E-state index in [4.69, 9.17) is 9.47 Å². The molecule has 9 nitrogen and oxygen atoms in total. The Kier molecular flexibility index (Phi) is 11.7. The van der Waals surface area contributed by atoms with Crippen LogP contribution in [0.5, 0.6) is 0 Å². The number of carbonyl (C=O) groups is 4. The highest BCUT2D eigenvalue weighted by Gasteiger charge is 2.33. The Balaban J connectivity index is 2.10. The number of nitrogens with one attached hydrogen (secondary N) is 1. The van der Waals surface area contributed by atoms with Crippen LogP contribution in [0.2, 0.25) is 0 Å². The topological polar surface area (TPSA) is 139 Å². The summed E-state index contributed by atoms with van der Waals surface area (Å²) < 4.78 is 11.1. The van der Waals surface area contributed by atoms with Crippen molar-refractivity contribution >= 4 is 23.6 Å². The maximum absolute atomic E-state index is 12.8. The van der Waals surface area contributed by atoms with Gasteiger partial charge >= 0.3 is 5.97 Å². The zero-order chi connectivity index (χ0) is 26.8. The fourth-order valence-electron chi connectivity index (χ4n) is 4.68. The summed E-state index contributed by atoms with van der Waals surface area (Å²) in [5.74, 6) is -2.92. The number of aliphatic hydroxyl groups is 2. The van der Waals surface area contributed by atoms with Crippen LogP contribution in [0.3, 0.4) is 0 Å². The number of allylic oxidation sites excluding steroid dienone is 3. The molecule has 2 aliphatic rings. The number of carbonyl (C=O) groups excluding carboxylic acids is 4. The molecular formula is C27H39NO8. The number of piperidine rings is 1. The Morgan fingerprint density at radius 2 is 1.86 bits per heavy atom. The molecule has 0 radical (unpaired) electrons. The molecule has 3 N–H and O–H groups in total. The van der Waals surface area contributed by atoms with E-state index in [0.29, 0.717) is 18.4 Å². The Bertz CT molecular complexity index is 876. The van der Waals surface area contributed by atoms with Crippen molar-refractivity contribution in [1.82, 2.24) is 5.32 Å². The number of hydrogen-bond acceptors (Lipinski definition) is 8. The van der Waals surface area contributed by atoms with Gasteiger partial charge in [0.2, 0.25) is 11.8 Å². The van der Waals surface area contributed by atoms with E-state index < -0.39 is 42.2 Å². The third-order valence-corrected chi connectivity index (χ3v) is 6.69. The first kappa shape index (κ1) is 29.6. The summed E-state index contributed by atoms with van der Waals surface area (Å²) in [4.78, 5) is 48.3. The van der Waals surface area contributed by atoms with Crippen LogP contribution in [-0.2, 0) is 28.7 Å². The van der Waals surface area contributed by atoms with Gasteiger partial charge in [-0.15, -0.1) is 0 Å². The van der Waals surface area contributed by atoms with E-state index in [2.05, 4.69) is 5.32 Å². The highest BCUT2D eigenvalue weighted by molar-refractivity contribution is 5.97. The molecule has 0 aliphatic carbocycles. The quantitative estimate of drug-likeness (QED) is 0.259. The van der Waals surface area contributed by atoms with E-state index in [9.17, 15) is 29.4 Å². The molecule has 6 atom stereocenters. The second kappa shape index (κ2) is 14.2. The third kappa shape index (κ3) is 9.11. The number of Topliss-reactive ketones (excluding diaryl/α,β-unsaturated/α-hetero) is 1. The summed E-state index contributed by atoms with van der Waals surface area (Å²) in [7, 11) is 1.50. The molecule has 0 bridgehead atoms. The van der Waals surface area contributed by atoms with Gasteiger partial charge in [-0.2, -0.15) is 0 Å². The van der Waals surface area contributed by atoms with E-state index in [1.165, 1.54) is 13.2 Å². The fourth-order valence-corrected chi connectivity index (χ4v) is 4.68. The predicted octanol–water partition coefficient (Wildman–Crippen LogP) is 2.16. The number of rotatable bonds is 8. The second-order valence-electron chi connectivity index (χ2n) is 9.82. The first-order chi connectivity index (χ1) is 17.0. The Morgan fingerprint density at radius 3 is 2.50 bits per heavy atom. The molecule has 0 saturated carbocycles. The molecule has 9 heteroatoms. The van der Waals surface area contributed by atoms with E-state index in [0.717, 1.165) is 0 Å². The number of aliphatic hydroxyl groups excluding tert-OH is 2. The largest absolute Gasteiger partial charge is 0.454 e. The molecule has 0 aromatic rings. The van der Waals surface area contributed by atoms with Crippen molar-refractivity contribution in [3.8, 4) is 0 Å². The highest BCUT2D eigenvalue weighted by atomic mass is 16.5. The SMILES string of the molecule is CO[C@H]1/C=C\CC/C=C\C(=O)O[C@@H](/C(C)=C/[C@H](C)C(=O)C[C@H](O)CC2CC(=O)NC(=O)C2)[C@@H](C)[C@@H]1O. The van der Waals surface area contributed by atoms with Crippen molar-refractivity contribution in [3.63, 3.8) is 0 Å². The van der Waals surface area contributed by atoms with Crippen LogP contribution in [0.1, 0.15) is 59.3 Å². The number of ether oxygens (including phenoxy) is 2. The van der Waals surface area contributed by atoms with Gasteiger partial charge in [-0.05, 0) is 37.7 Å². The average Bonchev–Trinajstić information content (AvgIpc) is 2.79. The Labute approximate surface area is 212 Å². The minimum atomic E-state index is -0.975. The number of amides is 2. The second-order valence-corrected chi connectivity index (χ2v) is 9.82. The van der Waals surface area contributed by atoms with Crippen molar-refractivity contribution in [3.05, 3.63) is 36.0 Å². The van der Waals surface area contributed by atoms with Gasteiger partial charge in [0.1, 0.15) is 18.0 Å². The predicted molar refractivity (Wildman–Crippen MR) is 132 cm³/mol. The first-order valence-electron chi connectivity index (χ1n) is 12.5. The van der Waals surface area contributed by atoms with Crippen molar-refractivity contribution in [2.75, 3.05) is 7.11 Å². The smallest absolute Gasteiger partial charge is 0.331 e. The van der Waals surface area contributed by atoms with Gasteiger partial charge in [-0.3, -0.25) is 19.7 Å². The first-order valence-corrected chi connectivity index (χ1v) is 12.5. The zero-order valence-electron chi connectivity index (χ0n) is 21.5. The van der Waals surface area contributed by atoms with Gasteiger partial charge in [0.25, 0.3) is 0 Å². The number of esters is 1. The van der Waals surface area contributed by atoms with Crippen LogP contribution in [0.15, 0.2) is 36.0 Å². The summed E-state index contributed by atoms with van der Waals surface area (Å²) >= 11 is 0. The highest BCUT2D eigenvalue weighted by Crippen LogP contribution is 2.26. The van der Waals surface area contributed by atoms with Crippen LogP contribution in [0.25, 0.3) is 0 Å². The maximum atomic E-state index is 12.8. The molecule has 1 saturated heterocycles. The van der Waals surface area contributed by atoms with E-state index >= 15 is 0 Å². The molecule has 2 rings (SSSR count). The van der Waals surface area contributed by atoms with Crippen LogP contribution < -0.4 is 5.32 Å². The van der Waals surface area contributed by atoms with Crippen LogP contribution in [0, 0.1) is 17.8 Å². The molecular weight excluding hydrogens is 466 g/mol. The minimum absolute atomic E-state index is 0.126. The molecule has 2 amide bonds. The molecule has 200 valence electrons. The maximum Gasteiger partial charge on any atom is 0.331 e. The molecule has 0 spiro atoms. The summed E-state index contributed by atoms with van der Waals surface area (Å²) in [5.41, 5.74) is 0.601. The summed E-state index contributed by atoms with van der Waals surface area (Å²) in [5, 5.41) is 23.6. The third-order valence-electron chi connectivity index (χ3n) is 6.69. The van der Waals surface area contributed by atoms with Gasteiger partial charge < -0.3 is 19.7 Å². The molecule has 36 heavy (non-hydrogen) atoms. The number of imide groups is 1.